The molecule has 0 amide bonds. The molecule has 6 heteroatoms. The van der Waals surface area contributed by atoms with Crippen LogP contribution in [0.4, 0.5) is 11.8 Å². The average Bonchev–Trinajstić information content (AvgIpc) is 2.46. The van der Waals surface area contributed by atoms with Crippen molar-refractivity contribution in [2.24, 2.45) is 0 Å². The number of rotatable bonds is 1. The molecule has 2 N–H and O–H groups in total. The van der Waals surface area contributed by atoms with Crippen LogP contribution in [0.25, 0.3) is 0 Å². The van der Waals surface area contributed by atoms with Gasteiger partial charge in [0.05, 0.1) is 12.2 Å². The molecule has 3 rings (SSSR count). The van der Waals surface area contributed by atoms with E-state index in [1.54, 1.807) is 0 Å². The van der Waals surface area contributed by atoms with E-state index in [1.165, 1.54) is 0 Å². The highest BCUT2D eigenvalue weighted by molar-refractivity contribution is 5.51. The van der Waals surface area contributed by atoms with Gasteiger partial charge in [0.25, 0.3) is 0 Å². The normalized spacial score (nSPS) is 22.7. The molecule has 0 radical (unpaired) electrons. The van der Waals surface area contributed by atoms with E-state index in [9.17, 15) is 0 Å². The number of nitrogens with zero attached hydrogens (tertiary/aromatic N) is 4. The molecule has 116 valence electrons. The second-order valence-electron chi connectivity index (χ2n) is 6.37. The lowest BCUT2D eigenvalue weighted by atomic mass is 9.89. The zero-order valence-electron chi connectivity index (χ0n) is 13.2. The molecule has 3 heterocycles. The fraction of sp³-hybridized carbons (Fsp3) is 0.733. The van der Waals surface area contributed by atoms with Crippen LogP contribution in [0.2, 0.25) is 0 Å². The van der Waals surface area contributed by atoms with E-state index in [4.69, 9.17) is 10.5 Å². The van der Waals surface area contributed by atoms with Crippen molar-refractivity contribution in [2.45, 2.75) is 32.3 Å². The minimum atomic E-state index is -0.0230. The number of aryl methyl sites for hydroxylation is 1. The van der Waals surface area contributed by atoms with Gasteiger partial charge in [-0.2, -0.15) is 4.98 Å². The van der Waals surface area contributed by atoms with E-state index in [0.29, 0.717) is 5.95 Å². The summed E-state index contributed by atoms with van der Waals surface area (Å²) in [7, 11) is 2.17. The zero-order valence-corrected chi connectivity index (χ0v) is 13.2. The van der Waals surface area contributed by atoms with Crippen molar-refractivity contribution in [2.75, 3.05) is 50.5 Å². The van der Waals surface area contributed by atoms with Gasteiger partial charge < -0.3 is 20.3 Å². The summed E-state index contributed by atoms with van der Waals surface area (Å²) >= 11 is 0. The van der Waals surface area contributed by atoms with E-state index in [1.807, 2.05) is 6.92 Å². The summed E-state index contributed by atoms with van der Waals surface area (Å²) in [6.07, 6.45) is 2.16. The summed E-state index contributed by atoms with van der Waals surface area (Å²) in [5.41, 5.74) is 7.89. The van der Waals surface area contributed by atoms with Gasteiger partial charge in [-0.25, -0.2) is 4.98 Å². The predicted octanol–water partition coefficient (Wildman–Crippen LogP) is 0.977. The number of anilines is 2. The molecule has 6 nitrogen and oxygen atoms in total. The molecule has 2 saturated heterocycles. The lowest BCUT2D eigenvalue weighted by molar-refractivity contribution is -0.0885. The molecular weight excluding hydrogens is 266 g/mol. The Morgan fingerprint density at radius 1 is 1.14 bits per heavy atom. The Hall–Kier alpha value is -1.40. The highest BCUT2D eigenvalue weighted by Gasteiger charge is 2.39. The first kappa shape index (κ1) is 14.5. The molecule has 1 aromatic heterocycles. The van der Waals surface area contributed by atoms with Crippen LogP contribution in [0.3, 0.4) is 0 Å². The molecule has 2 fully saturated rings. The SMILES string of the molecule is Cc1nc(N)nc(N2CCOC3(CCN(C)CC3)C2)c1C. The minimum Gasteiger partial charge on any atom is -0.371 e. The Bertz CT molecular complexity index is 525. The minimum absolute atomic E-state index is 0.0230. The van der Waals surface area contributed by atoms with Crippen molar-refractivity contribution in [1.82, 2.24) is 14.9 Å². The smallest absolute Gasteiger partial charge is 0.222 e. The Morgan fingerprint density at radius 2 is 1.86 bits per heavy atom. The first-order chi connectivity index (χ1) is 9.99. The summed E-state index contributed by atoms with van der Waals surface area (Å²) in [4.78, 5) is 13.4. The fourth-order valence-corrected chi connectivity index (χ4v) is 3.30. The van der Waals surface area contributed by atoms with Gasteiger partial charge in [0.1, 0.15) is 5.82 Å². The van der Waals surface area contributed by atoms with Gasteiger partial charge in [0.15, 0.2) is 0 Å². The van der Waals surface area contributed by atoms with Gasteiger partial charge in [-0.15, -0.1) is 0 Å². The van der Waals surface area contributed by atoms with Gasteiger partial charge in [0.2, 0.25) is 5.95 Å². The number of hydrogen-bond acceptors (Lipinski definition) is 6. The highest BCUT2D eigenvalue weighted by atomic mass is 16.5. The van der Waals surface area contributed by atoms with Crippen LogP contribution < -0.4 is 10.6 Å². The van der Waals surface area contributed by atoms with Gasteiger partial charge >= 0.3 is 0 Å². The number of aromatic nitrogens is 2. The Labute approximate surface area is 126 Å². The maximum atomic E-state index is 6.16. The van der Waals surface area contributed by atoms with Crippen LogP contribution in [-0.4, -0.2) is 60.3 Å². The summed E-state index contributed by atoms with van der Waals surface area (Å²) in [6, 6.07) is 0. The van der Waals surface area contributed by atoms with E-state index < -0.39 is 0 Å². The van der Waals surface area contributed by atoms with Crippen LogP contribution in [0.1, 0.15) is 24.1 Å². The van der Waals surface area contributed by atoms with Crippen LogP contribution in [0, 0.1) is 13.8 Å². The lowest BCUT2D eigenvalue weighted by Gasteiger charge is -2.47. The quantitative estimate of drug-likeness (QED) is 0.832. The maximum Gasteiger partial charge on any atom is 0.222 e. The van der Waals surface area contributed by atoms with E-state index in [0.717, 1.165) is 62.7 Å². The number of nitrogens with two attached hydrogens (primary N) is 1. The molecule has 0 unspecified atom stereocenters. The van der Waals surface area contributed by atoms with Crippen LogP contribution in [-0.2, 0) is 4.74 Å². The monoisotopic (exact) mass is 291 g/mol. The zero-order chi connectivity index (χ0) is 15.0. The molecule has 0 aromatic carbocycles. The van der Waals surface area contributed by atoms with Crippen molar-refractivity contribution >= 4 is 11.8 Å². The summed E-state index contributed by atoms with van der Waals surface area (Å²) in [5.74, 6) is 1.33. The van der Waals surface area contributed by atoms with E-state index in [2.05, 4.69) is 33.7 Å². The van der Waals surface area contributed by atoms with Gasteiger partial charge in [-0.05, 0) is 33.7 Å². The Balaban J connectivity index is 1.83. The number of likely N-dealkylation sites (tertiary alicyclic amines) is 1. The molecule has 1 aromatic rings. The maximum absolute atomic E-state index is 6.16. The molecule has 21 heavy (non-hydrogen) atoms. The van der Waals surface area contributed by atoms with E-state index in [-0.39, 0.29) is 5.60 Å². The van der Waals surface area contributed by atoms with Gasteiger partial charge in [-0.3, -0.25) is 0 Å². The largest absolute Gasteiger partial charge is 0.371 e. The van der Waals surface area contributed by atoms with E-state index >= 15 is 0 Å². The standard InChI is InChI=1S/C15H25N5O/c1-11-12(2)17-14(16)18-13(11)20-8-9-21-15(10-20)4-6-19(3)7-5-15/h4-10H2,1-3H3,(H2,16,17,18). The van der Waals surface area contributed by atoms with Gasteiger partial charge in [-0.1, -0.05) is 0 Å². The lowest BCUT2D eigenvalue weighted by Crippen LogP contribution is -2.56. The molecule has 0 bridgehead atoms. The second-order valence-corrected chi connectivity index (χ2v) is 6.37. The predicted molar refractivity (Wildman–Crippen MR) is 83.5 cm³/mol. The molecule has 2 aliphatic heterocycles. The third kappa shape index (κ3) is 2.82. The third-order valence-corrected chi connectivity index (χ3v) is 4.83. The van der Waals surface area contributed by atoms with Crippen LogP contribution in [0.5, 0.6) is 0 Å². The summed E-state index contributed by atoms with van der Waals surface area (Å²) in [5, 5.41) is 0. The number of hydrogen-bond donors (Lipinski definition) is 1. The number of morpholine rings is 1. The average molecular weight is 291 g/mol. The Morgan fingerprint density at radius 3 is 2.57 bits per heavy atom. The molecule has 0 saturated carbocycles. The molecular formula is C15H25N5O. The first-order valence-electron chi connectivity index (χ1n) is 7.67. The topological polar surface area (TPSA) is 67.5 Å². The van der Waals surface area contributed by atoms with Crippen molar-refractivity contribution < 1.29 is 4.74 Å². The van der Waals surface area contributed by atoms with Crippen molar-refractivity contribution in [3.05, 3.63) is 11.3 Å². The fourth-order valence-electron chi connectivity index (χ4n) is 3.30. The highest BCUT2D eigenvalue weighted by Crippen LogP contribution is 2.32. The molecule has 0 aliphatic carbocycles. The number of ether oxygens (including phenoxy) is 1. The third-order valence-electron chi connectivity index (χ3n) is 4.83. The first-order valence-corrected chi connectivity index (χ1v) is 7.67. The number of piperidine rings is 1. The van der Waals surface area contributed by atoms with Crippen LogP contribution in [0.15, 0.2) is 0 Å². The van der Waals surface area contributed by atoms with Crippen molar-refractivity contribution in [3.8, 4) is 0 Å². The molecule has 1 spiro atoms. The summed E-state index contributed by atoms with van der Waals surface area (Å²) < 4.78 is 6.16. The molecule has 2 aliphatic rings. The summed E-state index contributed by atoms with van der Waals surface area (Å²) in [6.45, 7) is 8.77. The van der Waals surface area contributed by atoms with Crippen molar-refractivity contribution in [1.29, 1.82) is 0 Å². The Kier molecular flexibility index (Phi) is 3.75. The second kappa shape index (κ2) is 5.42. The molecule has 0 atom stereocenters. The van der Waals surface area contributed by atoms with Crippen molar-refractivity contribution in [3.63, 3.8) is 0 Å². The number of nitrogen functional groups attached to an aromatic ring is 1. The van der Waals surface area contributed by atoms with Crippen LogP contribution >= 0.6 is 0 Å². The van der Waals surface area contributed by atoms with Gasteiger partial charge in [0, 0.05) is 37.4 Å².